The molecule has 1 amide bonds. The predicted octanol–water partition coefficient (Wildman–Crippen LogP) is 2.36. The third kappa shape index (κ3) is 1.47. The number of fused-ring (bicyclic) bond motifs is 3. The minimum Gasteiger partial charge on any atom is -0.410 e. The van der Waals surface area contributed by atoms with E-state index in [0.717, 1.165) is 11.1 Å². The van der Waals surface area contributed by atoms with E-state index in [1.807, 2.05) is 18.2 Å². The van der Waals surface area contributed by atoms with Gasteiger partial charge in [-0.2, -0.15) is 0 Å². The van der Waals surface area contributed by atoms with Crippen molar-refractivity contribution in [1.82, 2.24) is 0 Å². The Morgan fingerprint density at radius 2 is 1.61 bits per heavy atom. The molecule has 0 radical (unpaired) electrons. The quantitative estimate of drug-likeness (QED) is 0.708. The van der Waals surface area contributed by atoms with E-state index in [1.165, 1.54) is 0 Å². The summed E-state index contributed by atoms with van der Waals surface area (Å²) in [4.78, 5) is 22.8. The molecule has 1 aliphatic carbocycles. The van der Waals surface area contributed by atoms with Gasteiger partial charge in [0.2, 0.25) is 0 Å². The first kappa shape index (κ1) is 10.5. The van der Waals surface area contributed by atoms with Gasteiger partial charge < -0.3 is 10.5 Å². The van der Waals surface area contributed by atoms with Gasteiger partial charge in [-0.1, -0.05) is 24.3 Å². The van der Waals surface area contributed by atoms with E-state index in [4.69, 9.17) is 10.5 Å². The second-order valence-corrected chi connectivity index (χ2v) is 4.00. The van der Waals surface area contributed by atoms with E-state index < -0.39 is 6.09 Å². The maximum absolute atomic E-state index is 12.2. The molecule has 0 spiro atoms. The highest BCUT2D eigenvalue weighted by atomic mass is 16.5. The molecule has 4 nitrogen and oxygen atoms in total. The van der Waals surface area contributed by atoms with Crippen LogP contribution in [0.4, 0.5) is 4.79 Å². The lowest BCUT2D eigenvalue weighted by Crippen LogP contribution is -2.16. The topological polar surface area (TPSA) is 69.4 Å². The fourth-order valence-corrected chi connectivity index (χ4v) is 2.19. The molecule has 0 bridgehead atoms. The first-order valence-electron chi connectivity index (χ1n) is 5.42. The van der Waals surface area contributed by atoms with Crippen LogP contribution in [0.5, 0.6) is 5.75 Å². The van der Waals surface area contributed by atoms with Gasteiger partial charge in [0.25, 0.3) is 0 Å². The minimum atomic E-state index is -0.891. The molecule has 0 saturated heterocycles. The molecule has 0 aromatic heterocycles. The van der Waals surface area contributed by atoms with Crippen molar-refractivity contribution in [3.8, 4) is 16.9 Å². The summed E-state index contributed by atoms with van der Waals surface area (Å²) in [6.45, 7) is 0. The number of carbonyl (C=O) groups excluding carboxylic acids is 2. The molecule has 2 aromatic rings. The smallest absolute Gasteiger partial charge is 0.409 e. The van der Waals surface area contributed by atoms with Crippen LogP contribution in [0.3, 0.4) is 0 Å². The van der Waals surface area contributed by atoms with Crippen molar-refractivity contribution in [2.24, 2.45) is 5.73 Å². The Balaban J connectivity index is 2.14. The average molecular weight is 239 g/mol. The summed E-state index contributed by atoms with van der Waals surface area (Å²) in [5.74, 6) is 0.220. The zero-order valence-electron chi connectivity index (χ0n) is 9.34. The van der Waals surface area contributed by atoms with E-state index in [2.05, 4.69) is 0 Å². The number of ketones is 1. The number of carbonyl (C=O) groups is 2. The highest BCUT2D eigenvalue weighted by Crippen LogP contribution is 2.37. The van der Waals surface area contributed by atoms with Gasteiger partial charge in [-0.25, -0.2) is 4.79 Å². The first-order chi connectivity index (χ1) is 8.66. The normalized spacial score (nSPS) is 11.9. The van der Waals surface area contributed by atoms with Crippen LogP contribution in [0.2, 0.25) is 0 Å². The highest BCUT2D eigenvalue weighted by molar-refractivity contribution is 6.21. The maximum atomic E-state index is 12.2. The lowest BCUT2D eigenvalue weighted by atomic mass is 10.1. The van der Waals surface area contributed by atoms with Crippen LogP contribution in [-0.2, 0) is 0 Å². The fourth-order valence-electron chi connectivity index (χ4n) is 2.19. The van der Waals surface area contributed by atoms with Crippen molar-refractivity contribution in [2.75, 3.05) is 0 Å². The molecule has 0 fully saturated rings. The van der Waals surface area contributed by atoms with Crippen molar-refractivity contribution in [1.29, 1.82) is 0 Å². The molecule has 0 atom stereocenters. The summed E-state index contributed by atoms with van der Waals surface area (Å²) in [6, 6.07) is 12.3. The fraction of sp³-hybridized carbons (Fsp3) is 0. The van der Waals surface area contributed by atoms with Gasteiger partial charge >= 0.3 is 6.09 Å². The molecule has 0 saturated carbocycles. The van der Waals surface area contributed by atoms with Crippen molar-refractivity contribution in [2.45, 2.75) is 0 Å². The summed E-state index contributed by atoms with van der Waals surface area (Å²) in [7, 11) is 0. The van der Waals surface area contributed by atoms with Gasteiger partial charge in [-0.05, 0) is 29.3 Å². The number of primary amides is 1. The Morgan fingerprint density at radius 1 is 0.944 bits per heavy atom. The predicted molar refractivity (Wildman–Crippen MR) is 65.5 cm³/mol. The van der Waals surface area contributed by atoms with Crippen molar-refractivity contribution in [3.63, 3.8) is 0 Å². The third-order valence-corrected chi connectivity index (χ3v) is 2.92. The minimum absolute atomic E-state index is 0.0597. The molecule has 0 heterocycles. The van der Waals surface area contributed by atoms with Crippen molar-refractivity contribution < 1.29 is 14.3 Å². The molecule has 2 N–H and O–H groups in total. The Kier molecular flexibility index (Phi) is 2.16. The standard InChI is InChI=1S/C14H9NO3/c15-14(17)18-8-5-6-10-9-3-1-2-4-11(9)13(16)12(10)7-8/h1-7H,(H2,15,17). The summed E-state index contributed by atoms with van der Waals surface area (Å²) in [5, 5.41) is 0. The zero-order chi connectivity index (χ0) is 12.7. The number of amides is 1. The average Bonchev–Trinajstić information content (AvgIpc) is 2.63. The highest BCUT2D eigenvalue weighted by Gasteiger charge is 2.26. The SMILES string of the molecule is NC(=O)Oc1ccc2c(c1)C(=O)c1ccccc1-2. The molecule has 4 heteroatoms. The Hall–Kier alpha value is -2.62. The lowest BCUT2D eigenvalue weighted by molar-refractivity contribution is 0.104. The molecule has 88 valence electrons. The molecule has 1 aliphatic rings. The number of ether oxygens (including phenoxy) is 1. The third-order valence-electron chi connectivity index (χ3n) is 2.92. The number of hydrogen-bond donors (Lipinski definition) is 1. The van der Waals surface area contributed by atoms with Crippen LogP contribution in [0, 0.1) is 0 Å². The molecule has 0 aliphatic heterocycles. The number of hydrogen-bond acceptors (Lipinski definition) is 3. The van der Waals surface area contributed by atoms with Crippen LogP contribution < -0.4 is 10.5 Å². The first-order valence-corrected chi connectivity index (χ1v) is 5.42. The van der Waals surface area contributed by atoms with Crippen LogP contribution in [0.1, 0.15) is 15.9 Å². The Morgan fingerprint density at radius 3 is 2.33 bits per heavy atom. The Bertz CT molecular complexity index is 676. The Labute approximate surface area is 103 Å². The molecule has 0 unspecified atom stereocenters. The summed E-state index contributed by atoms with van der Waals surface area (Å²) in [5.41, 5.74) is 7.91. The molecule has 2 aromatic carbocycles. The van der Waals surface area contributed by atoms with E-state index >= 15 is 0 Å². The summed E-state index contributed by atoms with van der Waals surface area (Å²) in [6.07, 6.45) is -0.891. The van der Waals surface area contributed by atoms with Gasteiger partial charge in [0.1, 0.15) is 5.75 Å². The van der Waals surface area contributed by atoms with E-state index in [9.17, 15) is 9.59 Å². The molecule has 3 rings (SSSR count). The second-order valence-electron chi connectivity index (χ2n) is 4.00. The number of nitrogens with two attached hydrogens (primary N) is 1. The maximum Gasteiger partial charge on any atom is 0.409 e. The van der Waals surface area contributed by atoms with Crippen LogP contribution in [0.15, 0.2) is 42.5 Å². The molecule has 18 heavy (non-hydrogen) atoms. The van der Waals surface area contributed by atoms with Gasteiger partial charge in [0, 0.05) is 11.1 Å². The zero-order valence-corrected chi connectivity index (χ0v) is 9.34. The van der Waals surface area contributed by atoms with Crippen molar-refractivity contribution in [3.05, 3.63) is 53.6 Å². The molecular weight excluding hydrogens is 230 g/mol. The second kappa shape index (κ2) is 3.70. The summed E-state index contributed by atoms with van der Waals surface area (Å²) < 4.78 is 4.77. The van der Waals surface area contributed by atoms with Gasteiger partial charge in [-0.3, -0.25) is 4.79 Å². The van der Waals surface area contributed by atoms with Gasteiger partial charge in [-0.15, -0.1) is 0 Å². The van der Waals surface area contributed by atoms with Crippen LogP contribution in [-0.4, -0.2) is 11.9 Å². The summed E-state index contributed by atoms with van der Waals surface area (Å²) >= 11 is 0. The largest absolute Gasteiger partial charge is 0.410 e. The van der Waals surface area contributed by atoms with E-state index in [0.29, 0.717) is 11.1 Å². The van der Waals surface area contributed by atoms with Crippen LogP contribution in [0.25, 0.3) is 11.1 Å². The van der Waals surface area contributed by atoms with Gasteiger partial charge in [0.05, 0.1) is 0 Å². The van der Waals surface area contributed by atoms with E-state index in [1.54, 1.807) is 24.3 Å². The number of benzene rings is 2. The van der Waals surface area contributed by atoms with Crippen LogP contribution >= 0.6 is 0 Å². The van der Waals surface area contributed by atoms with Crippen molar-refractivity contribution >= 4 is 11.9 Å². The number of rotatable bonds is 1. The monoisotopic (exact) mass is 239 g/mol. The van der Waals surface area contributed by atoms with Gasteiger partial charge in [0.15, 0.2) is 5.78 Å². The van der Waals surface area contributed by atoms with E-state index in [-0.39, 0.29) is 11.5 Å². The molecular formula is C14H9NO3. The lowest BCUT2D eigenvalue weighted by Gasteiger charge is -2.03.